The summed E-state index contributed by atoms with van der Waals surface area (Å²) in [5, 5.41) is 10.5. The Morgan fingerprint density at radius 2 is 1.76 bits per heavy atom. The number of piperidine rings is 1. The maximum atomic E-state index is 12.8. The molecule has 0 bridgehead atoms. The number of aliphatic hydroxyl groups is 1. The minimum Gasteiger partial charge on any atom is -0.484 e. The SMILES string of the molecule is O=C(COc1ccc(F)cc1)N1CCC([C@H](O)c2ccccc2)CC1. The van der Waals surface area contributed by atoms with Crippen molar-refractivity contribution in [3.05, 3.63) is 66.0 Å². The van der Waals surface area contributed by atoms with Gasteiger partial charge in [-0.25, -0.2) is 4.39 Å². The number of nitrogens with zero attached hydrogens (tertiary/aromatic N) is 1. The lowest BCUT2D eigenvalue weighted by Gasteiger charge is -2.34. The van der Waals surface area contributed by atoms with Crippen LogP contribution in [0.1, 0.15) is 24.5 Å². The molecule has 1 saturated heterocycles. The molecule has 2 aromatic carbocycles. The fourth-order valence-corrected chi connectivity index (χ4v) is 3.15. The number of carbonyl (C=O) groups is 1. The summed E-state index contributed by atoms with van der Waals surface area (Å²) in [5.41, 5.74) is 0.923. The van der Waals surface area contributed by atoms with Crippen LogP contribution in [0.3, 0.4) is 0 Å². The monoisotopic (exact) mass is 343 g/mol. The van der Waals surface area contributed by atoms with Crippen LogP contribution in [0.2, 0.25) is 0 Å². The Labute approximate surface area is 146 Å². The van der Waals surface area contributed by atoms with Crippen molar-refractivity contribution < 1.29 is 19.0 Å². The molecule has 2 aromatic rings. The van der Waals surface area contributed by atoms with Crippen LogP contribution in [-0.2, 0) is 4.79 Å². The van der Waals surface area contributed by atoms with E-state index in [1.165, 1.54) is 24.3 Å². The van der Waals surface area contributed by atoms with Crippen LogP contribution in [-0.4, -0.2) is 35.6 Å². The third kappa shape index (κ3) is 4.57. The van der Waals surface area contributed by atoms with Gasteiger partial charge in [-0.3, -0.25) is 4.79 Å². The summed E-state index contributed by atoms with van der Waals surface area (Å²) in [4.78, 5) is 14.0. The fourth-order valence-electron chi connectivity index (χ4n) is 3.15. The van der Waals surface area contributed by atoms with Crippen molar-refractivity contribution in [3.63, 3.8) is 0 Å². The second-order valence-corrected chi connectivity index (χ2v) is 6.32. The van der Waals surface area contributed by atoms with E-state index in [-0.39, 0.29) is 24.2 Å². The number of halogens is 1. The van der Waals surface area contributed by atoms with E-state index in [9.17, 15) is 14.3 Å². The van der Waals surface area contributed by atoms with Crippen molar-refractivity contribution in [2.75, 3.05) is 19.7 Å². The predicted octanol–water partition coefficient (Wildman–Crippen LogP) is 3.18. The molecule has 1 atom stereocenters. The number of ether oxygens (including phenoxy) is 1. The van der Waals surface area contributed by atoms with Crippen LogP contribution in [0.5, 0.6) is 5.75 Å². The molecule has 4 nitrogen and oxygen atoms in total. The molecule has 1 fully saturated rings. The first kappa shape index (κ1) is 17.4. The Balaban J connectivity index is 1.46. The third-order valence-electron chi connectivity index (χ3n) is 4.66. The van der Waals surface area contributed by atoms with Crippen LogP contribution in [0.4, 0.5) is 4.39 Å². The minimum absolute atomic E-state index is 0.0580. The largest absolute Gasteiger partial charge is 0.484 e. The third-order valence-corrected chi connectivity index (χ3v) is 4.66. The van der Waals surface area contributed by atoms with Gasteiger partial charge < -0.3 is 14.7 Å². The van der Waals surface area contributed by atoms with Gasteiger partial charge in [0.05, 0.1) is 6.10 Å². The second kappa shape index (κ2) is 8.12. The predicted molar refractivity (Wildman–Crippen MR) is 92.6 cm³/mol. The summed E-state index contributed by atoms with van der Waals surface area (Å²) in [6, 6.07) is 15.2. The molecule has 1 aliphatic rings. The van der Waals surface area contributed by atoms with Gasteiger partial charge in [0.15, 0.2) is 6.61 Å². The van der Waals surface area contributed by atoms with E-state index in [4.69, 9.17) is 4.74 Å². The maximum absolute atomic E-state index is 12.8. The van der Waals surface area contributed by atoms with Crippen molar-refractivity contribution >= 4 is 5.91 Å². The zero-order valence-corrected chi connectivity index (χ0v) is 14.0. The lowest BCUT2D eigenvalue weighted by atomic mass is 9.87. The molecule has 1 amide bonds. The van der Waals surface area contributed by atoms with Gasteiger partial charge in [-0.1, -0.05) is 30.3 Å². The molecule has 5 heteroatoms. The first-order valence-corrected chi connectivity index (χ1v) is 8.52. The van der Waals surface area contributed by atoms with E-state index >= 15 is 0 Å². The molecule has 0 radical (unpaired) electrons. The van der Waals surface area contributed by atoms with E-state index in [2.05, 4.69) is 0 Å². The van der Waals surface area contributed by atoms with Gasteiger partial charge in [0.2, 0.25) is 0 Å². The summed E-state index contributed by atoms with van der Waals surface area (Å²) in [7, 11) is 0. The first-order chi connectivity index (χ1) is 12.1. The highest BCUT2D eigenvalue weighted by atomic mass is 19.1. The number of carbonyl (C=O) groups excluding carboxylic acids is 1. The lowest BCUT2D eigenvalue weighted by Crippen LogP contribution is -2.42. The van der Waals surface area contributed by atoms with Gasteiger partial charge in [0, 0.05) is 13.1 Å². The highest BCUT2D eigenvalue weighted by Crippen LogP contribution is 2.30. The molecule has 1 heterocycles. The molecular formula is C20H22FNO3. The zero-order valence-electron chi connectivity index (χ0n) is 14.0. The van der Waals surface area contributed by atoms with E-state index in [0.29, 0.717) is 18.8 Å². The topological polar surface area (TPSA) is 49.8 Å². The van der Waals surface area contributed by atoms with Gasteiger partial charge in [-0.05, 0) is 48.6 Å². The lowest BCUT2D eigenvalue weighted by molar-refractivity contribution is -0.135. The van der Waals surface area contributed by atoms with Crippen LogP contribution in [0.25, 0.3) is 0 Å². The summed E-state index contributed by atoms with van der Waals surface area (Å²) < 4.78 is 18.3. The highest BCUT2D eigenvalue weighted by molar-refractivity contribution is 5.77. The normalized spacial score (nSPS) is 16.5. The molecule has 1 N–H and O–H groups in total. The number of hydrogen-bond acceptors (Lipinski definition) is 3. The molecule has 132 valence electrons. The Kier molecular flexibility index (Phi) is 5.66. The van der Waals surface area contributed by atoms with Crippen molar-refractivity contribution in [2.24, 2.45) is 5.92 Å². The maximum Gasteiger partial charge on any atom is 0.260 e. The molecule has 0 aliphatic carbocycles. The van der Waals surface area contributed by atoms with Gasteiger partial charge in [-0.2, -0.15) is 0 Å². The molecule has 0 spiro atoms. The Morgan fingerprint density at radius 1 is 1.12 bits per heavy atom. The standard InChI is InChI=1S/C20H22FNO3/c21-17-6-8-18(9-7-17)25-14-19(23)22-12-10-16(11-13-22)20(24)15-4-2-1-3-5-15/h1-9,16,20,24H,10-14H2/t20-/m1/s1. The van der Waals surface area contributed by atoms with Gasteiger partial charge in [0.25, 0.3) is 5.91 Å². The van der Waals surface area contributed by atoms with E-state index < -0.39 is 6.10 Å². The van der Waals surface area contributed by atoms with Crippen LogP contribution in [0, 0.1) is 11.7 Å². The molecular weight excluding hydrogens is 321 g/mol. The van der Waals surface area contributed by atoms with Crippen LogP contribution >= 0.6 is 0 Å². The van der Waals surface area contributed by atoms with Gasteiger partial charge in [-0.15, -0.1) is 0 Å². The van der Waals surface area contributed by atoms with Crippen LogP contribution in [0.15, 0.2) is 54.6 Å². The van der Waals surface area contributed by atoms with E-state index in [1.807, 2.05) is 30.3 Å². The number of likely N-dealkylation sites (tertiary alicyclic amines) is 1. The quantitative estimate of drug-likeness (QED) is 0.907. The highest BCUT2D eigenvalue weighted by Gasteiger charge is 2.28. The molecule has 25 heavy (non-hydrogen) atoms. The molecule has 0 aromatic heterocycles. The number of rotatable bonds is 5. The van der Waals surface area contributed by atoms with E-state index in [1.54, 1.807) is 4.90 Å². The summed E-state index contributed by atoms with van der Waals surface area (Å²) in [6.45, 7) is 1.16. The van der Waals surface area contributed by atoms with Crippen molar-refractivity contribution in [1.82, 2.24) is 4.90 Å². The number of amides is 1. The molecule has 0 unspecified atom stereocenters. The summed E-state index contributed by atoms with van der Waals surface area (Å²) >= 11 is 0. The average Bonchev–Trinajstić information content (AvgIpc) is 2.67. The average molecular weight is 343 g/mol. The Morgan fingerprint density at radius 3 is 2.40 bits per heavy atom. The first-order valence-electron chi connectivity index (χ1n) is 8.52. The Hall–Kier alpha value is -2.40. The smallest absolute Gasteiger partial charge is 0.260 e. The van der Waals surface area contributed by atoms with E-state index in [0.717, 1.165) is 18.4 Å². The molecule has 0 saturated carbocycles. The van der Waals surface area contributed by atoms with Crippen LogP contribution < -0.4 is 4.74 Å². The second-order valence-electron chi connectivity index (χ2n) is 6.32. The number of aliphatic hydroxyl groups excluding tert-OH is 1. The summed E-state index contributed by atoms with van der Waals surface area (Å²) in [5.74, 6) is 0.211. The Bertz CT molecular complexity index is 682. The van der Waals surface area contributed by atoms with Gasteiger partial charge in [0.1, 0.15) is 11.6 Å². The fraction of sp³-hybridized carbons (Fsp3) is 0.350. The summed E-state index contributed by atoms with van der Waals surface area (Å²) in [6.07, 6.45) is 1.03. The van der Waals surface area contributed by atoms with Crippen molar-refractivity contribution in [3.8, 4) is 5.75 Å². The molecule has 1 aliphatic heterocycles. The molecule has 3 rings (SSSR count). The number of benzene rings is 2. The minimum atomic E-state index is -0.492. The zero-order chi connectivity index (χ0) is 17.6. The number of hydrogen-bond donors (Lipinski definition) is 1. The van der Waals surface area contributed by atoms with Crippen molar-refractivity contribution in [2.45, 2.75) is 18.9 Å². The van der Waals surface area contributed by atoms with Crippen molar-refractivity contribution in [1.29, 1.82) is 0 Å². The van der Waals surface area contributed by atoms with Gasteiger partial charge >= 0.3 is 0 Å².